The molecule has 5 nitrogen and oxygen atoms in total. The summed E-state index contributed by atoms with van der Waals surface area (Å²) in [7, 11) is 2.93. The molecule has 0 spiro atoms. The van der Waals surface area contributed by atoms with Crippen molar-refractivity contribution in [3.8, 4) is 11.5 Å². The number of benzene rings is 1. The van der Waals surface area contributed by atoms with Crippen LogP contribution in [0.4, 0.5) is 14.5 Å². The molecule has 0 aliphatic carbocycles. The third kappa shape index (κ3) is 2.37. The highest BCUT2D eigenvalue weighted by Crippen LogP contribution is 2.35. The normalized spacial score (nSPS) is 10.8. The summed E-state index contributed by atoms with van der Waals surface area (Å²) in [6, 6.07) is 4.42. The number of aromatic nitrogens is 1. The maximum Gasteiger partial charge on any atom is 0.280 e. The SMILES string of the molecule is COc1cc(OC)c2nc(C(F)F)cc(NN)c2c1. The van der Waals surface area contributed by atoms with E-state index in [-0.39, 0.29) is 5.69 Å². The Labute approximate surface area is 108 Å². The van der Waals surface area contributed by atoms with Gasteiger partial charge in [0.1, 0.15) is 22.7 Å². The number of hydrogen-bond acceptors (Lipinski definition) is 5. The largest absolute Gasteiger partial charge is 0.497 e. The Morgan fingerprint density at radius 2 is 1.95 bits per heavy atom. The highest BCUT2D eigenvalue weighted by molar-refractivity contribution is 5.96. The number of anilines is 1. The van der Waals surface area contributed by atoms with Crippen LogP contribution in [0.5, 0.6) is 11.5 Å². The molecule has 0 aliphatic heterocycles. The molecular formula is C12H13F2N3O2. The zero-order valence-electron chi connectivity index (χ0n) is 10.4. The van der Waals surface area contributed by atoms with E-state index in [9.17, 15) is 8.78 Å². The minimum Gasteiger partial charge on any atom is -0.497 e. The summed E-state index contributed by atoms with van der Waals surface area (Å²) in [5.74, 6) is 6.23. The Morgan fingerprint density at radius 1 is 1.21 bits per heavy atom. The van der Waals surface area contributed by atoms with Gasteiger partial charge in [-0.25, -0.2) is 13.8 Å². The van der Waals surface area contributed by atoms with Crippen LogP contribution in [0.2, 0.25) is 0 Å². The molecular weight excluding hydrogens is 256 g/mol. The number of halogens is 2. The lowest BCUT2D eigenvalue weighted by Crippen LogP contribution is -2.09. The number of methoxy groups -OCH3 is 2. The van der Waals surface area contributed by atoms with Gasteiger partial charge in [0.15, 0.2) is 0 Å². The predicted octanol–water partition coefficient (Wildman–Crippen LogP) is 2.48. The number of rotatable bonds is 4. The van der Waals surface area contributed by atoms with Gasteiger partial charge in [-0.2, -0.15) is 0 Å². The third-order valence-corrected chi connectivity index (χ3v) is 2.71. The molecule has 1 aromatic carbocycles. The number of pyridine rings is 1. The zero-order chi connectivity index (χ0) is 14.0. The highest BCUT2D eigenvalue weighted by Gasteiger charge is 2.16. The Hall–Kier alpha value is -2.15. The van der Waals surface area contributed by atoms with Gasteiger partial charge in [0.2, 0.25) is 0 Å². The van der Waals surface area contributed by atoms with Gasteiger partial charge in [0, 0.05) is 11.5 Å². The van der Waals surface area contributed by atoms with Crippen LogP contribution in [0.1, 0.15) is 12.1 Å². The average molecular weight is 269 g/mol. The maximum atomic E-state index is 12.8. The van der Waals surface area contributed by atoms with Gasteiger partial charge < -0.3 is 14.9 Å². The van der Waals surface area contributed by atoms with E-state index in [0.29, 0.717) is 28.1 Å². The fourth-order valence-electron chi connectivity index (χ4n) is 1.79. The highest BCUT2D eigenvalue weighted by atomic mass is 19.3. The number of hydrazine groups is 1. The first kappa shape index (κ1) is 13.3. The smallest absolute Gasteiger partial charge is 0.280 e. The number of hydrogen-bond donors (Lipinski definition) is 2. The van der Waals surface area contributed by atoms with Gasteiger partial charge in [-0.15, -0.1) is 0 Å². The van der Waals surface area contributed by atoms with E-state index in [2.05, 4.69) is 10.4 Å². The lowest BCUT2D eigenvalue weighted by atomic mass is 10.1. The fourth-order valence-corrected chi connectivity index (χ4v) is 1.79. The van der Waals surface area contributed by atoms with Gasteiger partial charge in [-0.05, 0) is 12.1 Å². The molecule has 0 radical (unpaired) electrons. The van der Waals surface area contributed by atoms with E-state index in [0.717, 1.165) is 0 Å². The van der Waals surface area contributed by atoms with E-state index in [1.165, 1.54) is 20.3 Å². The van der Waals surface area contributed by atoms with Gasteiger partial charge in [0.05, 0.1) is 19.9 Å². The molecule has 2 rings (SSSR count). The monoisotopic (exact) mass is 269 g/mol. The lowest BCUT2D eigenvalue weighted by molar-refractivity contribution is 0.146. The fraction of sp³-hybridized carbons (Fsp3) is 0.250. The van der Waals surface area contributed by atoms with Crippen LogP contribution in [0.3, 0.4) is 0 Å². The second-order valence-corrected chi connectivity index (χ2v) is 3.77. The van der Waals surface area contributed by atoms with Crippen LogP contribution in [0.25, 0.3) is 10.9 Å². The van der Waals surface area contributed by atoms with Crippen molar-refractivity contribution in [3.63, 3.8) is 0 Å². The van der Waals surface area contributed by atoms with Crippen molar-refractivity contribution in [1.82, 2.24) is 4.98 Å². The summed E-state index contributed by atoms with van der Waals surface area (Å²) in [5.41, 5.74) is 2.64. The maximum absolute atomic E-state index is 12.8. The molecule has 7 heteroatoms. The van der Waals surface area contributed by atoms with E-state index in [1.54, 1.807) is 12.1 Å². The summed E-state index contributed by atoms with van der Waals surface area (Å²) < 4.78 is 35.9. The van der Waals surface area contributed by atoms with Crippen molar-refractivity contribution in [2.24, 2.45) is 5.84 Å². The zero-order valence-corrected chi connectivity index (χ0v) is 10.4. The minimum atomic E-state index is -2.69. The number of alkyl halides is 2. The van der Waals surface area contributed by atoms with E-state index in [4.69, 9.17) is 15.3 Å². The number of nitrogen functional groups attached to an aromatic ring is 1. The van der Waals surface area contributed by atoms with Gasteiger partial charge in [0.25, 0.3) is 6.43 Å². The lowest BCUT2D eigenvalue weighted by Gasteiger charge is -2.13. The van der Waals surface area contributed by atoms with E-state index < -0.39 is 6.43 Å². The Bertz CT molecular complexity index is 605. The van der Waals surface area contributed by atoms with E-state index in [1.807, 2.05) is 0 Å². The molecule has 0 saturated carbocycles. The number of ether oxygens (including phenoxy) is 2. The molecule has 0 fully saturated rings. The molecule has 0 saturated heterocycles. The predicted molar refractivity (Wildman–Crippen MR) is 67.6 cm³/mol. The Kier molecular flexibility index (Phi) is 3.66. The second kappa shape index (κ2) is 5.23. The second-order valence-electron chi connectivity index (χ2n) is 3.77. The standard InChI is InChI=1S/C12H13F2N3O2/c1-18-6-3-7-8(17-15)5-9(12(13)14)16-11(7)10(4-6)19-2/h3-5,12H,15H2,1-2H3,(H,16,17). The third-order valence-electron chi connectivity index (χ3n) is 2.71. The first-order valence-corrected chi connectivity index (χ1v) is 5.42. The summed E-state index contributed by atoms with van der Waals surface area (Å²) in [6.45, 7) is 0. The van der Waals surface area contributed by atoms with Crippen LogP contribution in [-0.4, -0.2) is 19.2 Å². The number of fused-ring (bicyclic) bond motifs is 1. The van der Waals surface area contributed by atoms with Crippen LogP contribution in [0.15, 0.2) is 18.2 Å². The first-order chi connectivity index (χ1) is 9.10. The first-order valence-electron chi connectivity index (χ1n) is 5.42. The average Bonchev–Trinajstić information content (AvgIpc) is 2.44. The van der Waals surface area contributed by atoms with Crippen molar-refractivity contribution in [2.75, 3.05) is 19.6 Å². The van der Waals surface area contributed by atoms with Crippen molar-refractivity contribution >= 4 is 16.6 Å². The molecule has 1 aromatic heterocycles. The molecule has 0 bridgehead atoms. The van der Waals surface area contributed by atoms with Crippen molar-refractivity contribution in [3.05, 3.63) is 23.9 Å². The van der Waals surface area contributed by atoms with Crippen molar-refractivity contribution in [2.45, 2.75) is 6.43 Å². The van der Waals surface area contributed by atoms with Gasteiger partial charge in [-0.3, -0.25) is 5.84 Å². The number of nitrogens with two attached hydrogens (primary N) is 1. The quantitative estimate of drug-likeness (QED) is 0.659. The number of nitrogens with one attached hydrogen (secondary N) is 1. The molecule has 0 aliphatic rings. The Morgan fingerprint density at radius 3 is 2.47 bits per heavy atom. The van der Waals surface area contributed by atoms with Crippen molar-refractivity contribution in [1.29, 1.82) is 0 Å². The molecule has 2 aromatic rings. The number of nitrogens with zero attached hydrogens (tertiary/aromatic N) is 1. The molecule has 0 atom stereocenters. The summed E-state index contributed by atoms with van der Waals surface area (Å²) in [5, 5.41) is 0.545. The van der Waals surface area contributed by atoms with Crippen LogP contribution >= 0.6 is 0 Å². The van der Waals surface area contributed by atoms with E-state index >= 15 is 0 Å². The molecule has 0 amide bonds. The van der Waals surface area contributed by atoms with Crippen LogP contribution in [0, 0.1) is 0 Å². The molecule has 3 N–H and O–H groups in total. The van der Waals surface area contributed by atoms with Gasteiger partial charge in [-0.1, -0.05) is 0 Å². The topological polar surface area (TPSA) is 69.4 Å². The molecule has 102 valence electrons. The summed E-state index contributed by atoms with van der Waals surface area (Å²) in [4.78, 5) is 3.90. The van der Waals surface area contributed by atoms with Crippen LogP contribution < -0.4 is 20.7 Å². The van der Waals surface area contributed by atoms with Gasteiger partial charge >= 0.3 is 0 Å². The summed E-state index contributed by atoms with van der Waals surface area (Å²) in [6.07, 6.45) is -2.69. The Balaban J connectivity index is 2.80. The molecule has 0 unspecified atom stereocenters. The minimum absolute atomic E-state index is 0.300. The molecule has 1 heterocycles. The van der Waals surface area contributed by atoms with Crippen LogP contribution in [-0.2, 0) is 0 Å². The molecule has 19 heavy (non-hydrogen) atoms. The van der Waals surface area contributed by atoms with Crippen molar-refractivity contribution < 1.29 is 18.3 Å². The summed E-state index contributed by atoms with van der Waals surface area (Å²) >= 11 is 0.